The van der Waals surface area contributed by atoms with Crippen LogP contribution in [-0.2, 0) is 4.74 Å². The third kappa shape index (κ3) is 2.67. The largest absolute Gasteiger partial charge is 0.377 e. The summed E-state index contributed by atoms with van der Waals surface area (Å²) in [5, 5.41) is 0. The van der Waals surface area contributed by atoms with E-state index in [2.05, 4.69) is 18.9 Å². The van der Waals surface area contributed by atoms with Crippen LogP contribution in [0, 0.1) is 5.92 Å². The lowest BCUT2D eigenvalue weighted by Gasteiger charge is -2.43. The van der Waals surface area contributed by atoms with Crippen molar-refractivity contribution in [2.24, 2.45) is 11.7 Å². The topological polar surface area (TPSA) is 38.5 Å². The van der Waals surface area contributed by atoms with Crippen LogP contribution < -0.4 is 5.73 Å². The summed E-state index contributed by atoms with van der Waals surface area (Å²) in [7, 11) is 2.24. The Hall–Kier alpha value is -0.120. The number of rotatable bonds is 4. The van der Waals surface area contributed by atoms with Gasteiger partial charge < -0.3 is 10.5 Å². The van der Waals surface area contributed by atoms with E-state index in [-0.39, 0.29) is 5.54 Å². The molecule has 0 aromatic carbocycles. The highest BCUT2D eigenvalue weighted by Gasteiger charge is 2.42. The van der Waals surface area contributed by atoms with Crippen LogP contribution in [0.4, 0.5) is 0 Å². The van der Waals surface area contributed by atoms with Crippen LogP contribution in [0.5, 0.6) is 0 Å². The van der Waals surface area contributed by atoms with Crippen molar-refractivity contribution in [1.29, 1.82) is 0 Å². The van der Waals surface area contributed by atoms with Crippen LogP contribution >= 0.6 is 0 Å². The van der Waals surface area contributed by atoms with Gasteiger partial charge in [0, 0.05) is 25.2 Å². The summed E-state index contributed by atoms with van der Waals surface area (Å²) >= 11 is 0. The van der Waals surface area contributed by atoms with Crippen molar-refractivity contribution < 1.29 is 4.74 Å². The molecule has 1 saturated carbocycles. The fourth-order valence-corrected chi connectivity index (χ4v) is 3.69. The molecule has 2 rings (SSSR count). The van der Waals surface area contributed by atoms with E-state index in [0.717, 1.165) is 25.6 Å². The minimum Gasteiger partial charge on any atom is -0.377 e. The van der Waals surface area contributed by atoms with E-state index in [1.165, 1.54) is 38.5 Å². The molecular formula is C14H28N2O. The summed E-state index contributed by atoms with van der Waals surface area (Å²) in [5.74, 6) is 0.723. The Morgan fingerprint density at radius 2 is 2.12 bits per heavy atom. The predicted molar refractivity (Wildman–Crippen MR) is 71.0 cm³/mol. The summed E-state index contributed by atoms with van der Waals surface area (Å²) in [6.45, 7) is 5.15. The molecule has 3 heteroatoms. The quantitative estimate of drug-likeness (QED) is 0.817. The fraction of sp³-hybridized carbons (Fsp3) is 1.00. The van der Waals surface area contributed by atoms with E-state index in [1.807, 2.05) is 0 Å². The summed E-state index contributed by atoms with van der Waals surface area (Å²) in [5.41, 5.74) is 6.32. The lowest BCUT2D eigenvalue weighted by atomic mass is 9.86. The summed E-state index contributed by atoms with van der Waals surface area (Å²) in [6, 6.07) is 0. The molecule has 3 atom stereocenters. The second-order valence-corrected chi connectivity index (χ2v) is 5.97. The second-order valence-electron chi connectivity index (χ2n) is 5.97. The zero-order valence-electron chi connectivity index (χ0n) is 11.5. The maximum Gasteiger partial charge on any atom is 0.0702 e. The van der Waals surface area contributed by atoms with Gasteiger partial charge in [-0.3, -0.25) is 4.90 Å². The molecular weight excluding hydrogens is 212 g/mol. The molecule has 100 valence electrons. The standard InChI is InChI=1S/C14H28N2O/c1-12-6-5-8-14(12,11-15)16(2)10-13-7-3-4-9-17-13/h12-13H,3-11,15H2,1-2H3. The van der Waals surface area contributed by atoms with Crippen molar-refractivity contribution in [3.63, 3.8) is 0 Å². The first-order valence-corrected chi connectivity index (χ1v) is 7.22. The van der Waals surface area contributed by atoms with Gasteiger partial charge in [0.05, 0.1) is 6.10 Å². The number of likely N-dealkylation sites (N-methyl/N-ethyl adjacent to an activating group) is 1. The number of hydrogen-bond acceptors (Lipinski definition) is 3. The van der Waals surface area contributed by atoms with Gasteiger partial charge in [0.2, 0.25) is 0 Å². The van der Waals surface area contributed by atoms with Gasteiger partial charge in [0.1, 0.15) is 0 Å². The van der Waals surface area contributed by atoms with Gasteiger partial charge in [-0.15, -0.1) is 0 Å². The van der Waals surface area contributed by atoms with Crippen LogP contribution in [-0.4, -0.2) is 43.3 Å². The molecule has 2 fully saturated rings. The maximum atomic E-state index is 6.08. The molecule has 0 amide bonds. The zero-order chi connectivity index (χ0) is 12.3. The second kappa shape index (κ2) is 5.68. The van der Waals surface area contributed by atoms with Crippen molar-refractivity contribution in [2.75, 3.05) is 26.7 Å². The third-order valence-electron chi connectivity index (χ3n) is 5.03. The molecule has 3 unspecified atom stereocenters. The van der Waals surface area contributed by atoms with Gasteiger partial charge in [-0.25, -0.2) is 0 Å². The molecule has 0 radical (unpaired) electrons. The van der Waals surface area contributed by atoms with Crippen LogP contribution in [0.15, 0.2) is 0 Å². The first-order chi connectivity index (χ1) is 8.19. The van der Waals surface area contributed by atoms with E-state index in [4.69, 9.17) is 10.5 Å². The Morgan fingerprint density at radius 1 is 1.29 bits per heavy atom. The average Bonchev–Trinajstić information content (AvgIpc) is 2.73. The molecule has 0 spiro atoms. The van der Waals surface area contributed by atoms with Crippen LogP contribution in [0.25, 0.3) is 0 Å². The van der Waals surface area contributed by atoms with E-state index in [9.17, 15) is 0 Å². The Morgan fingerprint density at radius 3 is 2.65 bits per heavy atom. The monoisotopic (exact) mass is 240 g/mol. The highest BCUT2D eigenvalue weighted by molar-refractivity contribution is 4.99. The minimum absolute atomic E-state index is 0.237. The predicted octanol–water partition coefficient (Wildman–Crippen LogP) is 2.00. The first kappa shape index (κ1) is 13.3. The lowest BCUT2D eigenvalue weighted by Crippen LogP contribution is -2.56. The number of ether oxygens (including phenoxy) is 1. The molecule has 0 aromatic heterocycles. The van der Waals surface area contributed by atoms with Crippen LogP contribution in [0.1, 0.15) is 45.4 Å². The van der Waals surface area contributed by atoms with Gasteiger partial charge >= 0.3 is 0 Å². The van der Waals surface area contributed by atoms with Crippen molar-refractivity contribution in [3.05, 3.63) is 0 Å². The van der Waals surface area contributed by atoms with Gasteiger partial charge in [-0.2, -0.15) is 0 Å². The van der Waals surface area contributed by atoms with Crippen LogP contribution in [0.3, 0.4) is 0 Å². The molecule has 0 aromatic rings. The Balaban J connectivity index is 1.94. The molecule has 1 heterocycles. The third-order valence-corrected chi connectivity index (χ3v) is 5.03. The Kier molecular flexibility index (Phi) is 4.45. The van der Waals surface area contributed by atoms with Crippen LogP contribution in [0.2, 0.25) is 0 Å². The van der Waals surface area contributed by atoms with Crippen molar-refractivity contribution in [1.82, 2.24) is 4.90 Å². The highest BCUT2D eigenvalue weighted by atomic mass is 16.5. The Bertz CT molecular complexity index is 240. The maximum absolute atomic E-state index is 6.08. The molecule has 2 aliphatic rings. The number of hydrogen-bond donors (Lipinski definition) is 1. The molecule has 2 N–H and O–H groups in total. The summed E-state index contributed by atoms with van der Waals surface area (Å²) in [6.07, 6.45) is 8.13. The van der Waals surface area contributed by atoms with Gasteiger partial charge in [0.25, 0.3) is 0 Å². The van der Waals surface area contributed by atoms with Crippen molar-refractivity contribution >= 4 is 0 Å². The van der Waals surface area contributed by atoms with Crippen molar-refractivity contribution in [2.45, 2.75) is 57.1 Å². The number of nitrogens with two attached hydrogens (primary N) is 1. The summed E-state index contributed by atoms with van der Waals surface area (Å²) in [4.78, 5) is 2.50. The van der Waals surface area contributed by atoms with Gasteiger partial charge in [-0.05, 0) is 45.1 Å². The first-order valence-electron chi connectivity index (χ1n) is 7.22. The molecule has 1 saturated heterocycles. The number of nitrogens with zero attached hydrogens (tertiary/aromatic N) is 1. The van der Waals surface area contributed by atoms with Gasteiger partial charge in [-0.1, -0.05) is 13.3 Å². The molecule has 0 bridgehead atoms. The average molecular weight is 240 g/mol. The molecule has 1 aliphatic heterocycles. The van der Waals surface area contributed by atoms with E-state index in [1.54, 1.807) is 0 Å². The Labute approximate surface area is 106 Å². The van der Waals surface area contributed by atoms with Gasteiger partial charge in [0.15, 0.2) is 0 Å². The zero-order valence-corrected chi connectivity index (χ0v) is 11.5. The molecule has 1 aliphatic carbocycles. The lowest BCUT2D eigenvalue weighted by molar-refractivity contribution is -0.0287. The summed E-state index contributed by atoms with van der Waals surface area (Å²) < 4.78 is 5.85. The molecule has 17 heavy (non-hydrogen) atoms. The smallest absolute Gasteiger partial charge is 0.0702 e. The van der Waals surface area contributed by atoms with E-state index < -0.39 is 0 Å². The fourth-order valence-electron chi connectivity index (χ4n) is 3.69. The van der Waals surface area contributed by atoms with E-state index >= 15 is 0 Å². The highest BCUT2D eigenvalue weighted by Crippen LogP contribution is 2.39. The SMILES string of the molecule is CC1CCCC1(CN)N(C)CC1CCCCO1. The van der Waals surface area contributed by atoms with Crippen molar-refractivity contribution in [3.8, 4) is 0 Å². The normalized spacial score (nSPS) is 38.8. The molecule has 3 nitrogen and oxygen atoms in total. The minimum atomic E-state index is 0.237. The van der Waals surface area contributed by atoms with E-state index in [0.29, 0.717) is 6.10 Å².